The monoisotopic (exact) mass is 306 g/mol. The van der Waals surface area contributed by atoms with E-state index in [1.807, 2.05) is 0 Å². The molecule has 0 bridgehead atoms. The molecule has 2 saturated heterocycles. The van der Waals surface area contributed by atoms with Crippen molar-refractivity contribution < 1.29 is 14.3 Å². The van der Waals surface area contributed by atoms with Gasteiger partial charge >= 0.3 is 6.09 Å². The van der Waals surface area contributed by atoms with Gasteiger partial charge in [0, 0.05) is 19.0 Å². The number of carbonyl (C=O) groups is 2. The Morgan fingerprint density at radius 2 is 1.73 bits per heavy atom. The normalized spacial score (nSPS) is 36.3. The summed E-state index contributed by atoms with van der Waals surface area (Å²) in [6.45, 7) is 2.30. The number of hydrogen-bond donors (Lipinski definition) is 1. The zero-order valence-corrected chi connectivity index (χ0v) is 13.2. The Hall–Kier alpha value is -1.26. The molecule has 22 heavy (non-hydrogen) atoms. The highest BCUT2D eigenvalue weighted by Gasteiger charge is 2.53. The molecule has 5 heteroatoms. The highest BCUT2D eigenvalue weighted by molar-refractivity contribution is 5.81. The van der Waals surface area contributed by atoms with E-state index in [0.29, 0.717) is 12.5 Å². The van der Waals surface area contributed by atoms with Gasteiger partial charge < -0.3 is 15.0 Å². The Kier molecular flexibility index (Phi) is 3.54. The van der Waals surface area contributed by atoms with Crippen LogP contribution in [-0.2, 0) is 9.53 Å². The van der Waals surface area contributed by atoms with E-state index in [2.05, 4.69) is 10.2 Å². The lowest BCUT2D eigenvalue weighted by molar-refractivity contribution is -0.142. The molecule has 4 rings (SSSR count). The largest absolute Gasteiger partial charge is 0.447 e. The topological polar surface area (TPSA) is 58.6 Å². The average Bonchev–Trinajstić information content (AvgIpc) is 3.14. The van der Waals surface area contributed by atoms with E-state index in [-0.39, 0.29) is 17.6 Å². The molecule has 0 unspecified atom stereocenters. The maximum absolute atomic E-state index is 12.6. The minimum absolute atomic E-state index is 0.0880. The standard InChI is InChI=1S/C17H26N2O3/c20-15(14-9-17(10-14)11-22-16(21)18-17)19-7-5-13(6-8-19)12-3-1-2-4-12/h12-14H,1-11H2,(H,18,21). The van der Waals surface area contributed by atoms with Gasteiger partial charge in [-0.3, -0.25) is 4.79 Å². The van der Waals surface area contributed by atoms with Crippen LogP contribution in [0.25, 0.3) is 0 Å². The molecule has 2 heterocycles. The van der Waals surface area contributed by atoms with Gasteiger partial charge in [-0.05, 0) is 37.5 Å². The molecule has 0 aromatic rings. The predicted molar refractivity (Wildman–Crippen MR) is 81.2 cm³/mol. The van der Waals surface area contributed by atoms with Crippen LogP contribution >= 0.6 is 0 Å². The van der Waals surface area contributed by atoms with Crippen LogP contribution in [0.1, 0.15) is 51.4 Å². The van der Waals surface area contributed by atoms with E-state index in [1.165, 1.54) is 38.5 Å². The van der Waals surface area contributed by atoms with Crippen LogP contribution < -0.4 is 5.32 Å². The van der Waals surface area contributed by atoms with Crippen LogP contribution in [0.2, 0.25) is 0 Å². The van der Waals surface area contributed by atoms with E-state index < -0.39 is 0 Å². The SMILES string of the molecule is O=C1NC2(CO1)CC(C(=O)N1CCC(C3CCCC3)CC1)C2. The maximum Gasteiger partial charge on any atom is 0.407 e. The van der Waals surface area contributed by atoms with Crippen molar-refractivity contribution in [2.75, 3.05) is 19.7 Å². The van der Waals surface area contributed by atoms with Gasteiger partial charge in [0.05, 0.1) is 5.54 Å². The summed E-state index contributed by atoms with van der Waals surface area (Å²) in [5.74, 6) is 2.17. The average molecular weight is 306 g/mol. The molecule has 0 radical (unpaired) electrons. The van der Waals surface area contributed by atoms with Crippen LogP contribution in [0.15, 0.2) is 0 Å². The smallest absolute Gasteiger partial charge is 0.407 e. The lowest BCUT2D eigenvalue weighted by atomic mass is 9.68. The van der Waals surface area contributed by atoms with Gasteiger partial charge in [0.2, 0.25) is 5.91 Å². The van der Waals surface area contributed by atoms with Gasteiger partial charge in [0.15, 0.2) is 0 Å². The highest BCUT2D eigenvalue weighted by Crippen LogP contribution is 2.42. The summed E-state index contributed by atoms with van der Waals surface area (Å²) in [6, 6.07) is 0. The zero-order valence-electron chi connectivity index (χ0n) is 13.2. The van der Waals surface area contributed by atoms with Gasteiger partial charge in [0.25, 0.3) is 0 Å². The molecule has 4 fully saturated rings. The Labute approximate surface area is 131 Å². The second-order valence-corrected chi connectivity index (χ2v) is 7.79. The molecular weight excluding hydrogens is 280 g/mol. The second-order valence-electron chi connectivity index (χ2n) is 7.79. The van der Waals surface area contributed by atoms with Crippen molar-refractivity contribution in [3.8, 4) is 0 Å². The van der Waals surface area contributed by atoms with Crippen molar-refractivity contribution in [3.63, 3.8) is 0 Å². The van der Waals surface area contributed by atoms with E-state index in [9.17, 15) is 9.59 Å². The van der Waals surface area contributed by atoms with Crippen LogP contribution in [-0.4, -0.2) is 42.1 Å². The van der Waals surface area contributed by atoms with Gasteiger partial charge in [-0.15, -0.1) is 0 Å². The molecule has 5 nitrogen and oxygen atoms in total. The third-order valence-corrected chi connectivity index (χ3v) is 6.39. The maximum atomic E-state index is 12.6. The molecule has 1 N–H and O–H groups in total. The molecule has 0 aromatic heterocycles. The number of rotatable bonds is 2. The first-order valence-electron chi connectivity index (χ1n) is 8.89. The summed E-state index contributed by atoms with van der Waals surface area (Å²) in [5.41, 5.74) is -0.237. The summed E-state index contributed by atoms with van der Waals surface area (Å²) in [4.78, 5) is 25.8. The molecule has 0 atom stereocenters. The Balaban J connectivity index is 1.26. The van der Waals surface area contributed by atoms with Crippen molar-refractivity contribution in [1.29, 1.82) is 0 Å². The van der Waals surface area contributed by atoms with E-state index >= 15 is 0 Å². The van der Waals surface area contributed by atoms with E-state index in [4.69, 9.17) is 4.74 Å². The first kappa shape index (κ1) is 14.3. The number of nitrogens with one attached hydrogen (secondary N) is 1. The lowest BCUT2D eigenvalue weighted by Gasteiger charge is -2.45. The Morgan fingerprint density at radius 1 is 1.09 bits per heavy atom. The van der Waals surface area contributed by atoms with Gasteiger partial charge in [-0.1, -0.05) is 25.7 Å². The number of amides is 2. The van der Waals surface area contributed by atoms with Gasteiger partial charge in [-0.2, -0.15) is 0 Å². The molecule has 122 valence electrons. The minimum Gasteiger partial charge on any atom is -0.447 e. The number of carbonyl (C=O) groups excluding carboxylic acids is 2. The van der Waals surface area contributed by atoms with Crippen molar-refractivity contribution in [2.45, 2.75) is 56.9 Å². The van der Waals surface area contributed by atoms with Crippen molar-refractivity contribution in [2.24, 2.45) is 17.8 Å². The highest BCUT2D eigenvalue weighted by atomic mass is 16.6. The van der Waals surface area contributed by atoms with E-state index in [1.54, 1.807) is 0 Å². The number of alkyl carbamates (subject to hydrolysis) is 1. The van der Waals surface area contributed by atoms with Crippen LogP contribution in [0, 0.1) is 17.8 Å². The summed E-state index contributed by atoms with van der Waals surface area (Å²) >= 11 is 0. The van der Waals surface area contributed by atoms with Crippen molar-refractivity contribution in [1.82, 2.24) is 10.2 Å². The fourth-order valence-corrected chi connectivity index (χ4v) is 5.05. The van der Waals surface area contributed by atoms with Crippen molar-refractivity contribution in [3.05, 3.63) is 0 Å². The Morgan fingerprint density at radius 3 is 2.32 bits per heavy atom. The quantitative estimate of drug-likeness (QED) is 0.851. The molecule has 2 aliphatic carbocycles. The fourth-order valence-electron chi connectivity index (χ4n) is 5.05. The Bertz CT molecular complexity index is 459. The number of nitrogens with zero attached hydrogens (tertiary/aromatic N) is 1. The van der Waals surface area contributed by atoms with Gasteiger partial charge in [-0.25, -0.2) is 4.79 Å². The molecule has 1 spiro atoms. The molecule has 2 amide bonds. The number of piperidine rings is 1. The molecule has 0 aromatic carbocycles. The first-order chi connectivity index (χ1) is 10.7. The van der Waals surface area contributed by atoms with Crippen LogP contribution in [0.4, 0.5) is 4.79 Å². The molecular formula is C17H26N2O3. The number of likely N-dealkylation sites (tertiary alicyclic amines) is 1. The van der Waals surface area contributed by atoms with Crippen LogP contribution in [0.3, 0.4) is 0 Å². The predicted octanol–water partition coefficient (Wildman–Crippen LogP) is 2.30. The first-order valence-corrected chi connectivity index (χ1v) is 8.89. The third kappa shape index (κ3) is 2.48. The summed E-state index contributed by atoms with van der Waals surface area (Å²) in [5, 5.41) is 2.87. The summed E-state index contributed by atoms with van der Waals surface area (Å²) in [6.07, 6.45) is 9.17. The summed E-state index contributed by atoms with van der Waals surface area (Å²) < 4.78 is 4.98. The van der Waals surface area contributed by atoms with Crippen LogP contribution in [0.5, 0.6) is 0 Å². The van der Waals surface area contributed by atoms with Crippen molar-refractivity contribution >= 4 is 12.0 Å². The number of ether oxygens (including phenoxy) is 1. The zero-order chi connectivity index (χ0) is 15.2. The second kappa shape index (κ2) is 5.43. The number of hydrogen-bond acceptors (Lipinski definition) is 3. The summed E-state index contributed by atoms with van der Waals surface area (Å²) in [7, 11) is 0. The third-order valence-electron chi connectivity index (χ3n) is 6.39. The van der Waals surface area contributed by atoms with E-state index in [0.717, 1.165) is 37.8 Å². The molecule has 4 aliphatic rings. The minimum atomic E-state index is -0.330. The number of cyclic esters (lactones) is 1. The molecule has 2 saturated carbocycles. The van der Waals surface area contributed by atoms with Gasteiger partial charge in [0.1, 0.15) is 6.61 Å². The lowest BCUT2D eigenvalue weighted by Crippen LogP contribution is -2.58. The molecule has 2 aliphatic heterocycles. The fraction of sp³-hybridized carbons (Fsp3) is 0.882.